The average Bonchev–Trinajstić information content (AvgIpc) is 2.69. The second kappa shape index (κ2) is 5.16. The fourth-order valence-corrected chi connectivity index (χ4v) is 2.33. The largest absolute Gasteiger partial charge is 0.373 e. The maximum atomic E-state index is 13.1. The molecule has 1 N–H and O–H groups in total. The molecule has 0 amide bonds. The van der Waals surface area contributed by atoms with E-state index in [4.69, 9.17) is 23.2 Å². The molecule has 0 radical (unpaired) electrons. The van der Waals surface area contributed by atoms with Gasteiger partial charge in [0.15, 0.2) is 0 Å². The van der Waals surface area contributed by atoms with E-state index >= 15 is 0 Å². The molecule has 1 aromatic heterocycles. The zero-order valence-corrected chi connectivity index (χ0v) is 11.4. The number of aryl methyl sites for hydroxylation is 1. The molecular weight excluding hydrogens is 276 g/mol. The van der Waals surface area contributed by atoms with E-state index in [2.05, 4.69) is 10.3 Å². The Morgan fingerprint density at radius 2 is 1.94 bits per heavy atom. The van der Waals surface area contributed by atoms with Crippen molar-refractivity contribution in [1.82, 2.24) is 9.55 Å². The normalized spacial score (nSPS) is 12.5. The molecule has 1 heterocycles. The van der Waals surface area contributed by atoms with Gasteiger partial charge in [0.25, 0.3) is 0 Å². The standard InChI is InChI=1S/C12H12Cl2FN3/c1-7(12-16-3-4-18(12)2)17-11-9(13)5-8(15)6-10(11)14/h3-7,17H,1-2H3. The molecule has 0 spiro atoms. The second-order valence-corrected chi connectivity index (χ2v) is 4.82. The first kappa shape index (κ1) is 13.2. The van der Waals surface area contributed by atoms with E-state index in [9.17, 15) is 4.39 Å². The highest BCUT2D eigenvalue weighted by Gasteiger charge is 2.14. The van der Waals surface area contributed by atoms with E-state index in [1.807, 2.05) is 24.7 Å². The van der Waals surface area contributed by atoms with Crippen LogP contribution in [0.2, 0.25) is 10.0 Å². The smallest absolute Gasteiger partial charge is 0.130 e. The van der Waals surface area contributed by atoms with Crippen LogP contribution in [0.4, 0.5) is 10.1 Å². The van der Waals surface area contributed by atoms with Crippen molar-refractivity contribution in [3.05, 3.63) is 46.2 Å². The summed E-state index contributed by atoms with van der Waals surface area (Å²) >= 11 is 11.9. The van der Waals surface area contributed by atoms with Crippen molar-refractivity contribution >= 4 is 28.9 Å². The van der Waals surface area contributed by atoms with Gasteiger partial charge in [-0.15, -0.1) is 0 Å². The van der Waals surface area contributed by atoms with Gasteiger partial charge in [-0.2, -0.15) is 0 Å². The van der Waals surface area contributed by atoms with Crippen molar-refractivity contribution in [2.45, 2.75) is 13.0 Å². The molecule has 3 nitrogen and oxygen atoms in total. The number of nitrogens with one attached hydrogen (secondary N) is 1. The fourth-order valence-electron chi connectivity index (χ4n) is 1.76. The number of halogens is 3. The van der Waals surface area contributed by atoms with E-state index in [-0.39, 0.29) is 16.1 Å². The summed E-state index contributed by atoms with van der Waals surface area (Å²) in [4.78, 5) is 4.23. The van der Waals surface area contributed by atoms with Crippen LogP contribution in [-0.2, 0) is 7.05 Å². The Kier molecular flexibility index (Phi) is 3.78. The van der Waals surface area contributed by atoms with Crippen molar-refractivity contribution < 1.29 is 4.39 Å². The van der Waals surface area contributed by atoms with Gasteiger partial charge >= 0.3 is 0 Å². The van der Waals surface area contributed by atoms with Crippen LogP contribution < -0.4 is 5.32 Å². The summed E-state index contributed by atoms with van der Waals surface area (Å²) in [6.45, 7) is 1.93. The lowest BCUT2D eigenvalue weighted by Gasteiger charge is -2.17. The lowest BCUT2D eigenvalue weighted by atomic mass is 10.2. The number of hydrogen-bond acceptors (Lipinski definition) is 2. The van der Waals surface area contributed by atoms with Crippen molar-refractivity contribution in [2.75, 3.05) is 5.32 Å². The number of rotatable bonds is 3. The van der Waals surface area contributed by atoms with Gasteiger partial charge in [0.2, 0.25) is 0 Å². The van der Waals surface area contributed by atoms with Gasteiger partial charge < -0.3 is 9.88 Å². The number of benzene rings is 1. The van der Waals surface area contributed by atoms with Crippen LogP contribution in [-0.4, -0.2) is 9.55 Å². The zero-order chi connectivity index (χ0) is 13.3. The van der Waals surface area contributed by atoms with Crippen molar-refractivity contribution in [3.8, 4) is 0 Å². The van der Waals surface area contributed by atoms with Crippen LogP contribution in [0.3, 0.4) is 0 Å². The first-order valence-electron chi connectivity index (χ1n) is 5.37. The lowest BCUT2D eigenvalue weighted by Crippen LogP contribution is -2.12. The summed E-state index contributed by atoms with van der Waals surface area (Å²) in [6, 6.07) is 2.35. The highest BCUT2D eigenvalue weighted by Crippen LogP contribution is 2.33. The Morgan fingerprint density at radius 3 is 2.44 bits per heavy atom. The second-order valence-electron chi connectivity index (χ2n) is 4.01. The molecule has 0 aliphatic heterocycles. The molecule has 1 aromatic carbocycles. The molecule has 0 fully saturated rings. The quantitative estimate of drug-likeness (QED) is 0.923. The fraction of sp³-hybridized carbons (Fsp3) is 0.250. The number of hydrogen-bond donors (Lipinski definition) is 1. The topological polar surface area (TPSA) is 29.9 Å². The maximum Gasteiger partial charge on any atom is 0.130 e. The van der Waals surface area contributed by atoms with Crippen LogP contribution in [0.15, 0.2) is 24.5 Å². The monoisotopic (exact) mass is 287 g/mol. The molecule has 96 valence electrons. The first-order chi connectivity index (χ1) is 8.49. The summed E-state index contributed by atoms with van der Waals surface area (Å²) in [5.41, 5.74) is 0.509. The molecule has 1 atom stereocenters. The minimum absolute atomic E-state index is 0.0922. The maximum absolute atomic E-state index is 13.1. The van der Waals surface area contributed by atoms with Gasteiger partial charge in [0.1, 0.15) is 11.6 Å². The van der Waals surface area contributed by atoms with Gasteiger partial charge in [-0.1, -0.05) is 23.2 Å². The molecular formula is C12H12Cl2FN3. The van der Waals surface area contributed by atoms with E-state index in [0.717, 1.165) is 5.82 Å². The number of anilines is 1. The molecule has 0 aliphatic carbocycles. The third-order valence-electron chi connectivity index (χ3n) is 2.61. The molecule has 6 heteroatoms. The Labute approximate surface area is 115 Å². The highest BCUT2D eigenvalue weighted by molar-refractivity contribution is 6.39. The molecule has 1 unspecified atom stereocenters. The van der Waals surface area contributed by atoms with Crippen molar-refractivity contribution in [1.29, 1.82) is 0 Å². The van der Waals surface area contributed by atoms with Crippen molar-refractivity contribution in [2.24, 2.45) is 7.05 Å². The van der Waals surface area contributed by atoms with E-state index in [0.29, 0.717) is 5.69 Å². The minimum atomic E-state index is -0.458. The Balaban J connectivity index is 2.27. The Morgan fingerprint density at radius 1 is 1.33 bits per heavy atom. The van der Waals surface area contributed by atoms with Crippen LogP contribution >= 0.6 is 23.2 Å². The van der Waals surface area contributed by atoms with E-state index < -0.39 is 5.82 Å². The van der Waals surface area contributed by atoms with Gasteiger partial charge in [-0.3, -0.25) is 0 Å². The van der Waals surface area contributed by atoms with Crippen LogP contribution in [0.5, 0.6) is 0 Å². The predicted octanol–water partition coefficient (Wildman–Crippen LogP) is 4.04. The van der Waals surface area contributed by atoms with Gasteiger partial charge in [-0.25, -0.2) is 9.37 Å². The molecule has 0 aliphatic rings. The molecule has 2 rings (SSSR count). The Bertz CT molecular complexity index is 545. The number of nitrogens with zero attached hydrogens (tertiary/aromatic N) is 2. The van der Waals surface area contributed by atoms with Crippen LogP contribution in [0.25, 0.3) is 0 Å². The lowest BCUT2D eigenvalue weighted by molar-refractivity contribution is 0.628. The van der Waals surface area contributed by atoms with Crippen LogP contribution in [0.1, 0.15) is 18.8 Å². The SMILES string of the molecule is CC(Nc1c(Cl)cc(F)cc1Cl)c1nccn1C. The summed E-state index contributed by atoms with van der Waals surface area (Å²) in [5.74, 6) is 0.381. The summed E-state index contributed by atoms with van der Waals surface area (Å²) in [5, 5.41) is 3.64. The van der Waals surface area contributed by atoms with E-state index in [1.165, 1.54) is 12.1 Å². The molecule has 0 bridgehead atoms. The third-order valence-corrected chi connectivity index (χ3v) is 3.21. The summed E-state index contributed by atoms with van der Waals surface area (Å²) in [6.07, 6.45) is 3.56. The highest BCUT2D eigenvalue weighted by atomic mass is 35.5. The Hall–Kier alpha value is -1.26. The first-order valence-corrected chi connectivity index (χ1v) is 6.13. The molecule has 18 heavy (non-hydrogen) atoms. The van der Waals surface area contributed by atoms with Gasteiger partial charge in [0.05, 0.1) is 21.8 Å². The minimum Gasteiger partial charge on any atom is -0.373 e. The zero-order valence-electron chi connectivity index (χ0n) is 9.92. The summed E-state index contributed by atoms with van der Waals surface area (Å²) in [7, 11) is 1.90. The molecule has 2 aromatic rings. The number of aromatic nitrogens is 2. The third kappa shape index (κ3) is 2.60. The van der Waals surface area contributed by atoms with Gasteiger partial charge in [0, 0.05) is 19.4 Å². The molecule has 0 saturated carbocycles. The average molecular weight is 288 g/mol. The summed E-state index contributed by atoms with van der Waals surface area (Å²) < 4.78 is 15.0. The predicted molar refractivity (Wildman–Crippen MR) is 71.7 cm³/mol. The molecule has 0 saturated heterocycles. The van der Waals surface area contributed by atoms with Gasteiger partial charge in [-0.05, 0) is 19.1 Å². The van der Waals surface area contributed by atoms with Crippen molar-refractivity contribution in [3.63, 3.8) is 0 Å². The number of imidazole rings is 1. The van der Waals surface area contributed by atoms with Crippen LogP contribution in [0, 0.1) is 5.82 Å². The van der Waals surface area contributed by atoms with E-state index in [1.54, 1.807) is 6.20 Å².